The van der Waals surface area contributed by atoms with Crippen molar-refractivity contribution < 1.29 is 19.9 Å². The molecule has 0 bridgehead atoms. The van der Waals surface area contributed by atoms with E-state index in [1.165, 1.54) is 0 Å². The highest BCUT2D eigenvalue weighted by Crippen LogP contribution is 2.47. The van der Waals surface area contributed by atoms with Gasteiger partial charge in [0.05, 0.1) is 5.92 Å². The van der Waals surface area contributed by atoms with E-state index in [4.69, 9.17) is 27.4 Å². The minimum absolute atomic E-state index is 0.0438. The standard InChI is InChI=1S/C17H23BClNO4/c19-14-8-11-7-10(3-1-6-18(23)24)15(16(21)22)12(11)9-13(14)17(20)4-2-5-17/h8-10,15,23-24H,1-7,20H2,(H,21,22). The van der Waals surface area contributed by atoms with Crippen LogP contribution in [0.1, 0.15) is 54.7 Å². The Morgan fingerprint density at radius 1 is 1.38 bits per heavy atom. The van der Waals surface area contributed by atoms with E-state index in [2.05, 4.69) is 0 Å². The summed E-state index contributed by atoms with van der Waals surface area (Å²) in [6, 6.07) is 3.80. The van der Waals surface area contributed by atoms with Gasteiger partial charge in [0.25, 0.3) is 0 Å². The van der Waals surface area contributed by atoms with E-state index < -0.39 is 24.5 Å². The van der Waals surface area contributed by atoms with Gasteiger partial charge in [-0.3, -0.25) is 4.79 Å². The van der Waals surface area contributed by atoms with Crippen LogP contribution < -0.4 is 5.73 Å². The van der Waals surface area contributed by atoms with E-state index in [-0.39, 0.29) is 12.2 Å². The molecule has 2 unspecified atom stereocenters. The van der Waals surface area contributed by atoms with Crippen LogP contribution in [0, 0.1) is 5.92 Å². The molecule has 2 aliphatic carbocycles. The SMILES string of the molecule is NC1(c2cc3c(cc2Cl)CC(CCCB(O)O)C3C(=O)O)CCC1. The van der Waals surface area contributed by atoms with Crippen molar-refractivity contribution in [2.75, 3.05) is 0 Å². The molecule has 2 atom stereocenters. The van der Waals surface area contributed by atoms with Crippen LogP contribution in [0.25, 0.3) is 0 Å². The summed E-state index contributed by atoms with van der Waals surface area (Å²) in [7, 11) is -1.34. The van der Waals surface area contributed by atoms with E-state index in [1.54, 1.807) is 0 Å². The third-order valence-electron chi connectivity index (χ3n) is 5.60. The van der Waals surface area contributed by atoms with Crippen LogP contribution in [0.2, 0.25) is 11.3 Å². The first kappa shape index (κ1) is 17.7. The predicted molar refractivity (Wildman–Crippen MR) is 93.0 cm³/mol. The molecule has 5 N–H and O–H groups in total. The van der Waals surface area contributed by atoms with Crippen LogP contribution in [0.4, 0.5) is 0 Å². The molecule has 0 radical (unpaired) electrons. The predicted octanol–water partition coefficient (Wildman–Crippen LogP) is 2.27. The second kappa shape index (κ2) is 6.67. The fourth-order valence-electron chi connectivity index (χ4n) is 4.13. The minimum atomic E-state index is -1.34. The van der Waals surface area contributed by atoms with E-state index in [1.807, 2.05) is 12.1 Å². The molecule has 2 aliphatic rings. The first-order chi connectivity index (χ1) is 11.3. The van der Waals surface area contributed by atoms with Crippen LogP contribution >= 0.6 is 11.6 Å². The van der Waals surface area contributed by atoms with Gasteiger partial charge in [0.1, 0.15) is 0 Å². The van der Waals surface area contributed by atoms with Crippen LogP contribution in [0.15, 0.2) is 12.1 Å². The Balaban J connectivity index is 1.87. The molecule has 0 aromatic heterocycles. The van der Waals surface area contributed by atoms with Crippen molar-refractivity contribution in [2.45, 2.75) is 56.3 Å². The Morgan fingerprint density at radius 3 is 2.62 bits per heavy atom. The average Bonchev–Trinajstić information content (AvgIpc) is 2.80. The lowest BCUT2D eigenvalue weighted by Crippen LogP contribution is -2.43. The number of halogens is 1. The topological polar surface area (TPSA) is 104 Å². The number of carboxylic acids is 1. The van der Waals surface area contributed by atoms with Crippen molar-refractivity contribution >= 4 is 24.7 Å². The molecule has 0 saturated heterocycles. The number of carboxylic acid groups (broad SMARTS) is 1. The third kappa shape index (κ3) is 3.20. The summed E-state index contributed by atoms with van der Waals surface area (Å²) in [5, 5.41) is 28.3. The maximum absolute atomic E-state index is 11.8. The smallest absolute Gasteiger partial charge is 0.451 e. The van der Waals surface area contributed by atoms with E-state index >= 15 is 0 Å². The fraction of sp³-hybridized carbons (Fsp3) is 0.588. The number of aliphatic carboxylic acids is 1. The first-order valence-corrected chi connectivity index (χ1v) is 8.90. The largest absolute Gasteiger partial charge is 0.481 e. The van der Waals surface area contributed by atoms with Gasteiger partial charge < -0.3 is 20.9 Å². The van der Waals surface area contributed by atoms with Gasteiger partial charge in [0, 0.05) is 10.6 Å². The maximum atomic E-state index is 11.8. The summed E-state index contributed by atoms with van der Waals surface area (Å²) in [6.45, 7) is 0. The van der Waals surface area contributed by atoms with Crippen molar-refractivity contribution in [2.24, 2.45) is 11.7 Å². The van der Waals surface area contributed by atoms with Crippen molar-refractivity contribution in [3.8, 4) is 0 Å². The summed E-state index contributed by atoms with van der Waals surface area (Å²) >= 11 is 6.43. The molecule has 0 heterocycles. The number of rotatable bonds is 6. The maximum Gasteiger partial charge on any atom is 0.451 e. The van der Waals surface area contributed by atoms with E-state index in [0.717, 1.165) is 36.0 Å². The quantitative estimate of drug-likeness (QED) is 0.589. The average molecular weight is 352 g/mol. The molecule has 130 valence electrons. The second-order valence-corrected chi connectivity index (χ2v) is 7.64. The third-order valence-corrected chi connectivity index (χ3v) is 5.92. The fourth-order valence-corrected chi connectivity index (χ4v) is 4.50. The minimum Gasteiger partial charge on any atom is -0.481 e. The molecule has 24 heavy (non-hydrogen) atoms. The number of carbonyl (C=O) groups is 1. The van der Waals surface area contributed by atoms with Gasteiger partial charge in [-0.25, -0.2) is 0 Å². The monoisotopic (exact) mass is 351 g/mol. The summed E-state index contributed by atoms with van der Waals surface area (Å²) in [6.07, 6.45) is 4.97. The number of nitrogens with two attached hydrogens (primary N) is 1. The molecule has 1 saturated carbocycles. The highest BCUT2D eigenvalue weighted by Gasteiger charge is 2.41. The zero-order valence-corrected chi connectivity index (χ0v) is 14.3. The molecule has 1 fully saturated rings. The Kier molecular flexibility index (Phi) is 4.93. The molecule has 0 aliphatic heterocycles. The van der Waals surface area contributed by atoms with Gasteiger partial charge in [0.15, 0.2) is 0 Å². The molecule has 0 spiro atoms. The molecule has 1 aromatic rings. The van der Waals surface area contributed by atoms with Gasteiger partial charge in [-0.15, -0.1) is 0 Å². The number of hydrogen-bond acceptors (Lipinski definition) is 4. The lowest BCUT2D eigenvalue weighted by molar-refractivity contribution is -0.139. The molecular weight excluding hydrogens is 328 g/mol. The number of hydrogen-bond donors (Lipinski definition) is 4. The van der Waals surface area contributed by atoms with E-state index in [0.29, 0.717) is 24.3 Å². The van der Waals surface area contributed by atoms with Crippen molar-refractivity contribution in [3.05, 3.63) is 33.8 Å². The van der Waals surface area contributed by atoms with Gasteiger partial charge in [-0.2, -0.15) is 0 Å². The highest BCUT2D eigenvalue weighted by molar-refractivity contribution is 6.40. The Bertz CT molecular complexity index is 648. The zero-order chi connectivity index (χ0) is 17.5. The van der Waals surface area contributed by atoms with Gasteiger partial charge in [-0.05, 0) is 67.1 Å². The van der Waals surface area contributed by atoms with Crippen LogP contribution in [0.5, 0.6) is 0 Å². The highest BCUT2D eigenvalue weighted by atomic mass is 35.5. The van der Waals surface area contributed by atoms with Crippen molar-refractivity contribution in [1.29, 1.82) is 0 Å². The molecular formula is C17H23BClNO4. The summed E-state index contributed by atoms with van der Waals surface area (Å²) < 4.78 is 0. The molecule has 7 heteroatoms. The van der Waals surface area contributed by atoms with Crippen LogP contribution in [-0.4, -0.2) is 28.2 Å². The Morgan fingerprint density at radius 2 is 2.08 bits per heavy atom. The van der Waals surface area contributed by atoms with E-state index in [9.17, 15) is 9.90 Å². The molecule has 1 aromatic carbocycles. The molecule has 5 nitrogen and oxygen atoms in total. The Labute approximate surface area is 147 Å². The summed E-state index contributed by atoms with van der Waals surface area (Å²) in [5.74, 6) is -1.45. The van der Waals surface area contributed by atoms with Gasteiger partial charge in [-0.1, -0.05) is 24.1 Å². The lowest BCUT2D eigenvalue weighted by atomic mass is 9.72. The van der Waals surface area contributed by atoms with Crippen molar-refractivity contribution in [3.63, 3.8) is 0 Å². The van der Waals surface area contributed by atoms with Crippen molar-refractivity contribution in [1.82, 2.24) is 0 Å². The number of fused-ring (bicyclic) bond motifs is 1. The molecule has 0 amide bonds. The van der Waals surface area contributed by atoms with Crippen LogP contribution in [0.3, 0.4) is 0 Å². The number of benzene rings is 1. The zero-order valence-electron chi connectivity index (χ0n) is 13.5. The second-order valence-electron chi connectivity index (χ2n) is 7.23. The molecule has 3 rings (SSSR count). The lowest BCUT2D eigenvalue weighted by Gasteiger charge is -2.39. The Hall–Kier alpha value is -1.08. The summed E-state index contributed by atoms with van der Waals surface area (Å²) in [4.78, 5) is 11.8. The van der Waals surface area contributed by atoms with Gasteiger partial charge >= 0.3 is 13.1 Å². The van der Waals surface area contributed by atoms with Crippen LogP contribution in [-0.2, 0) is 16.8 Å². The normalized spacial score (nSPS) is 24.3. The summed E-state index contributed by atoms with van der Waals surface area (Å²) in [5.41, 5.74) is 8.65. The van der Waals surface area contributed by atoms with Gasteiger partial charge in [0.2, 0.25) is 0 Å². The first-order valence-electron chi connectivity index (χ1n) is 8.52.